The van der Waals surface area contributed by atoms with E-state index in [1.54, 1.807) is 0 Å². The zero-order valence-corrected chi connectivity index (χ0v) is 15.2. The van der Waals surface area contributed by atoms with Gasteiger partial charge in [-0.05, 0) is 62.6 Å². The number of esters is 1. The second-order valence-electron chi connectivity index (χ2n) is 6.59. The molecule has 1 fully saturated rings. The minimum atomic E-state index is -0.772. The van der Waals surface area contributed by atoms with Crippen LogP contribution in [0.2, 0.25) is 0 Å². The van der Waals surface area contributed by atoms with Crippen molar-refractivity contribution in [2.75, 3.05) is 19.6 Å². The van der Waals surface area contributed by atoms with Crippen molar-refractivity contribution in [1.82, 2.24) is 9.88 Å². The lowest BCUT2D eigenvalue weighted by Crippen LogP contribution is -2.43. The molecule has 128 valence electrons. The molecule has 1 aliphatic rings. The molecule has 7 heteroatoms. The number of hydrogen-bond donors (Lipinski definition) is 0. The quantitative estimate of drug-likeness (QED) is 0.572. The Morgan fingerprint density at radius 3 is 2.65 bits per heavy atom. The van der Waals surface area contributed by atoms with E-state index in [0.29, 0.717) is 12.3 Å². The van der Waals surface area contributed by atoms with Gasteiger partial charge in [0, 0.05) is 12.6 Å². The number of nitrogens with zero attached hydrogens (tertiary/aromatic N) is 2. The minimum absolute atomic E-state index is 0.194. The van der Waals surface area contributed by atoms with Crippen LogP contribution in [0.4, 0.5) is 4.39 Å². The molecule has 1 aromatic heterocycles. The monoisotopic (exact) mass is 388 g/mol. The molecule has 0 radical (unpaired) electrons. The Morgan fingerprint density at radius 1 is 1.43 bits per heavy atom. The molecule has 0 N–H and O–H groups in total. The number of pyridine rings is 1. The molecule has 23 heavy (non-hydrogen) atoms. The van der Waals surface area contributed by atoms with Crippen LogP contribution in [-0.2, 0) is 9.53 Å². The van der Waals surface area contributed by atoms with E-state index in [-0.39, 0.29) is 4.47 Å². The second-order valence-corrected chi connectivity index (χ2v) is 7.45. The fraction of sp³-hybridized carbons (Fsp3) is 0.625. The van der Waals surface area contributed by atoms with Crippen LogP contribution < -0.4 is 4.74 Å². The van der Waals surface area contributed by atoms with Gasteiger partial charge in [-0.1, -0.05) is 0 Å². The minimum Gasteiger partial charge on any atom is -0.476 e. The zero-order valence-electron chi connectivity index (χ0n) is 13.6. The van der Waals surface area contributed by atoms with E-state index in [1.165, 1.54) is 12.3 Å². The lowest BCUT2D eigenvalue weighted by Gasteiger charge is -2.27. The van der Waals surface area contributed by atoms with Gasteiger partial charge in [-0.2, -0.15) is 4.39 Å². The molecule has 2 rings (SSSR count). The van der Waals surface area contributed by atoms with Crippen LogP contribution in [0.15, 0.2) is 16.7 Å². The lowest BCUT2D eigenvalue weighted by molar-refractivity contribution is -0.164. The van der Waals surface area contributed by atoms with Crippen molar-refractivity contribution >= 4 is 21.9 Å². The number of likely N-dealkylation sites (tertiary alicyclic amines) is 1. The molecule has 5 nitrogen and oxygen atoms in total. The van der Waals surface area contributed by atoms with E-state index in [9.17, 15) is 9.18 Å². The van der Waals surface area contributed by atoms with Gasteiger partial charge in [0.05, 0.1) is 10.7 Å². The standard InChI is InChI=1S/C16H22BrFN2O3/c1-16(2,3)23-15(21)13(10-20-6-4-5-7-20)22-11-8-12(17)14(18)19-9-11/h8-9,13H,4-7,10H2,1-3H3/t13-/m0/s1. The van der Waals surface area contributed by atoms with Gasteiger partial charge in [0.25, 0.3) is 0 Å². The number of carbonyl (C=O) groups excluding carboxylic acids is 1. The summed E-state index contributed by atoms with van der Waals surface area (Å²) < 4.78 is 24.6. The van der Waals surface area contributed by atoms with Crippen molar-refractivity contribution in [3.8, 4) is 5.75 Å². The predicted molar refractivity (Wildman–Crippen MR) is 87.8 cm³/mol. The van der Waals surface area contributed by atoms with Crippen LogP contribution >= 0.6 is 15.9 Å². The Labute approximate surface area is 144 Å². The first-order valence-corrected chi connectivity index (χ1v) is 8.47. The summed E-state index contributed by atoms with van der Waals surface area (Å²) in [5.41, 5.74) is -0.592. The molecule has 1 aliphatic heterocycles. The van der Waals surface area contributed by atoms with Crippen LogP contribution in [0.25, 0.3) is 0 Å². The second kappa shape index (κ2) is 7.57. The molecule has 1 aromatic rings. The fourth-order valence-electron chi connectivity index (χ4n) is 2.36. The molecule has 0 saturated carbocycles. The SMILES string of the molecule is CC(C)(C)OC(=O)[C@H](CN1CCCC1)Oc1cnc(F)c(Br)c1. The third kappa shape index (κ3) is 5.73. The third-order valence-electron chi connectivity index (χ3n) is 3.34. The summed E-state index contributed by atoms with van der Waals surface area (Å²) in [6.07, 6.45) is 2.73. The summed E-state index contributed by atoms with van der Waals surface area (Å²) in [5, 5.41) is 0. The van der Waals surface area contributed by atoms with E-state index in [0.717, 1.165) is 25.9 Å². The summed E-state index contributed by atoms with van der Waals surface area (Å²) in [7, 11) is 0. The normalized spacial score (nSPS) is 17.1. The number of halogens is 2. The molecule has 1 atom stereocenters. The Bertz CT molecular complexity index is 557. The van der Waals surface area contributed by atoms with E-state index in [2.05, 4.69) is 25.8 Å². The van der Waals surface area contributed by atoms with Gasteiger partial charge in [-0.3, -0.25) is 4.90 Å². The summed E-state index contributed by atoms with van der Waals surface area (Å²) >= 11 is 3.07. The molecule has 0 amide bonds. The lowest BCUT2D eigenvalue weighted by atomic mass is 10.2. The van der Waals surface area contributed by atoms with Gasteiger partial charge in [0.15, 0.2) is 0 Å². The van der Waals surface area contributed by atoms with Gasteiger partial charge in [-0.15, -0.1) is 0 Å². The van der Waals surface area contributed by atoms with Crippen molar-refractivity contribution < 1.29 is 18.7 Å². The van der Waals surface area contributed by atoms with E-state index < -0.39 is 23.6 Å². The molecule has 0 unspecified atom stereocenters. The highest BCUT2D eigenvalue weighted by atomic mass is 79.9. The van der Waals surface area contributed by atoms with Crippen LogP contribution in [0.3, 0.4) is 0 Å². The van der Waals surface area contributed by atoms with E-state index in [4.69, 9.17) is 9.47 Å². The first kappa shape index (κ1) is 18.1. The zero-order chi connectivity index (χ0) is 17.0. The summed E-state index contributed by atoms with van der Waals surface area (Å²) in [6, 6.07) is 1.46. The third-order valence-corrected chi connectivity index (χ3v) is 3.90. The van der Waals surface area contributed by atoms with Crippen molar-refractivity contribution in [1.29, 1.82) is 0 Å². The smallest absolute Gasteiger partial charge is 0.349 e. The van der Waals surface area contributed by atoms with Gasteiger partial charge >= 0.3 is 5.97 Å². The maximum Gasteiger partial charge on any atom is 0.349 e. The van der Waals surface area contributed by atoms with Crippen molar-refractivity contribution in [2.45, 2.75) is 45.3 Å². The van der Waals surface area contributed by atoms with Gasteiger partial charge in [0.2, 0.25) is 12.1 Å². The maximum atomic E-state index is 13.2. The highest BCUT2D eigenvalue weighted by molar-refractivity contribution is 9.10. The van der Waals surface area contributed by atoms with Gasteiger partial charge in [0.1, 0.15) is 11.4 Å². The van der Waals surface area contributed by atoms with Crippen LogP contribution in [0.5, 0.6) is 5.75 Å². The molecule has 0 spiro atoms. The van der Waals surface area contributed by atoms with Gasteiger partial charge < -0.3 is 9.47 Å². The molecule has 0 bridgehead atoms. The summed E-state index contributed by atoms with van der Waals surface area (Å²) in [6.45, 7) is 7.77. The molecule has 0 aromatic carbocycles. The maximum absolute atomic E-state index is 13.2. The molecular formula is C16H22BrFN2O3. The number of ether oxygens (including phenoxy) is 2. The number of rotatable bonds is 5. The topological polar surface area (TPSA) is 51.7 Å². The largest absolute Gasteiger partial charge is 0.476 e. The average Bonchev–Trinajstić information content (AvgIpc) is 2.93. The molecular weight excluding hydrogens is 367 g/mol. The fourth-order valence-corrected chi connectivity index (χ4v) is 2.69. The van der Waals surface area contributed by atoms with Crippen LogP contribution in [-0.4, -0.2) is 47.2 Å². The van der Waals surface area contributed by atoms with Crippen LogP contribution in [0, 0.1) is 5.95 Å². The highest BCUT2D eigenvalue weighted by Crippen LogP contribution is 2.22. The Balaban J connectivity index is 2.10. The van der Waals surface area contributed by atoms with E-state index >= 15 is 0 Å². The predicted octanol–water partition coefficient (Wildman–Crippen LogP) is 3.17. The molecule has 1 saturated heterocycles. The first-order chi connectivity index (χ1) is 10.7. The van der Waals surface area contributed by atoms with Crippen molar-refractivity contribution in [3.63, 3.8) is 0 Å². The van der Waals surface area contributed by atoms with Crippen molar-refractivity contribution in [2.24, 2.45) is 0 Å². The number of carbonyl (C=O) groups is 1. The Kier molecular flexibility index (Phi) is 5.97. The average molecular weight is 389 g/mol. The number of hydrogen-bond acceptors (Lipinski definition) is 5. The highest BCUT2D eigenvalue weighted by Gasteiger charge is 2.30. The molecule has 2 heterocycles. The van der Waals surface area contributed by atoms with E-state index in [1.807, 2.05) is 20.8 Å². The molecule has 0 aliphatic carbocycles. The Hall–Kier alpha value is -1.21. The Morgan fingerprint density at radius 2 is 2.09 bits per heavy atom. The van der Waals surface area contributed by atoms with Crippen LogP contribution in [0.1, 0.15) is 33.6 Å². The van der Waals surface area contributed by atoms with Crippen molar-refractivity contribution in [3.05, 3.63) is 22.7 Å². The first-order valence-electron chi connectivity index (χ1n) is 7.67. The summed E-state index contributed by atoms with van der Waals surface area (Å²) in [5.74, 6) is -0.719. The van der Waals surface area contributed by atoms with Gasteiger partial charge in [-0.25, -0.2) is 9.78 Å². The summed E-state index contributed by atoms with van der Waals surface area (Å²) in [4.78, 5) is 18.2. The number of aromatic nitrogens is 1.